The molecule has 2 heterocycles. The molecule has 5 heteroatoms. The Hall–Kier alpha value is -3.34. The Morgan fingerprint density at radius 2 is 1.85 bits per heavy atom. The fourth-order valence-corrected chi connectivity index (χ4v) is 3.20. The third-order valence-electron chi connectivity index (χ3n) is 4.46. The van der Waals surface area contributed by atoms with Gasteiger partial charge < -0.3 is 9.15 Å². The number of ether oxygens (including phenoxy) is 1. The molecule has 0 spiro atoms. The van der Waals surface area contributed by atoms with Gasteiger partial charge in [-0.15, -0.1) is 0 Å². The van der Waals surface area contributed by atoms with Crippen molar-refractivity contribution in [1.82, 2.24) is 5.01 Å². The Labute approximate surface area is 151 Å². The summed E-state index contributed by atoms with van der Waals surface area (Å²) in [6.45, 7) is 0. The number of carbonyl (C=O) groups excluding carboxylic acids is 1. The lowest BCUT2D eigenvalue weighted by Gasteiger charge is -2.22. The predicted octanol–water partition coefficient (Wildman–Crippen LogP) is 4.28. The second-order valence-corrected chi connectivity index (χ2v) is 6.00. The van der Waals surface area contributed by atoms with Crippen molar-refractivity contribution in [2.24, 2.45) is 5.10 Å². The highest BCUT2D eigenvalue weighted by molar-refractivity contribution is 6.04. The van der Waals surface area contributed by atoms with E-state index in [1.165, 1.54) is 11.3 Å². The molecule has 0 saturated heterocycles. The Balaban J connectivity index is 1.76. The first-order chi connectivity index (χ1) is 12.8. The standard InChI is InChI=1S/C21H18N2O3/c1-25-19-11-6-5-10-16(19)18-14-17(15-8-3-2-4-9-15)22-23(18)21(24)20-12-7-13-26-20/h2-13,18H,14H2,1H3/t18-/m0/s1. The first kappa shape index (κ1) is 16.1. The lowest BCUT2D eigenvalue weighted by molar-refractivity contribution is 0.0677. The molecule has 0 bridgehead atoms. The largest absolute Gasteiger partial charge is 0.496 e. The van der Waals surface area contributed by atoms with Crippen molar-refractivity contribution in [2.45, 2.75) is 12.5 Å². The van der Waals surface area contributed by atoms with Crippen LogP contribution in [0.4, 0.5) is 0 Å². The minimum Gasteiger partial charge on any atom is -0.496 e. The van der Waals surface area contributed by atoms with Gasteiger partial charge in [-0.3, -0.25) is 4.79 Å². The molecule has 0 fully saturated rings. The summed E-state index contributed by atoms with van der Waals surface area (Å²) in [7, 11) is 1.63. The van der Waals surface area contributed by atoms with Gasteiger partial charge in [-0.05, 0) is 23.8 Å². The number of methoxy groups -OCH3 is 1. The number of amides is 1. The van der Waals surface area contributed by atoms with Crippen molar-refractivity contribution in [3.05, 3.63) is 89.9 Å². The molecule has 130 valence electrons. The molecule has 1 aromatic heterocycles. The fraction of sp³-hybridized carbons (Fsp3) is 0.143. The summed E-state index contributed by atoms with van der Waals surface area (Å²) in [5, 5.41) is 6.13. The van der Waals surface area contributed by atoms with E-state index < -0.39 is 0 Å². The van der Waals surface area contributed by atoms with Gasteiger partial charge in [0.15, 0.2) is 5.76 Å². The Bertz CT molecular complexity index is 933. The van der Waals surface area contributed by atoms with Gasteiger partial charge in [0.1, 0.15) is 5.75 Å². The van der Waals surface area contributed by atoms with E-state index in [0.717, 1.165) is 22.6 Å². The highest BCUT2D eigenvalue weighted by Gasteiger charge is 2.36. The van der Waals surface area contributed by atoms with Crippen LogP contribution in [-0.4, -0.2) is 23.7 Å². The van der Waals surface area contributed by atoms with E-state index in [0.29, 0.717) is 6.42 Å². The van der Waals surface area contributed by atoms with Crippen LogP contribution in [0, 0.1) is 0 Å². The first-order valence-electron chi connectivity index (χ1n) is 8.41. The highest BCUT2D eigenvalue weighted by Crippen LogP contribution is 2.38. The van der Waals surface area contributed by atoms with E-state index in [4.69, 9.17) is 9.15 Å². The van der Waals surface area contributed by atoms with Gasteiger partial charge in [-0.25, -0.2) is 5.01 Å². The normalized spacial score (nSPS) is 16.4. The van der Waals surface area contributed by atoms with Crippen LogP contribution >= 0.6 is 0 Å². The van der Waals surface area contributed by atoms with Crippen LogP contribution in [0.15, 0.2) is 82.5 Å². The van der Waals surface area contributed by atoms with Crippen LogP contribution in [-0.2, 0) is 0 Å². The zero-order valence-electron chi connectivity index (χ0n) is 14.3. The summed E-state index contributed by atoms with van der Waals surface area (Å²) in [6, 6.07) is 20.7. The predicted molar refractivity (Wildman–Crippen MR) is 98.2 cm³/mol. The Morgan fingerprint density at radius 3 is 2.58 bits per heavy atom. The number of benzene rings is 2. The summed E-state index contributed by atoms with van der Waals surface area (Å²) in [5.74, 6) is 0.735. The van der Waals surface area contributed by atoms with Crippen molar-refractivity contribution < 1.29 is 13.9 Å². The smallest absolute Gasteiger partial charge is 0.310 e. The molecule has 26 heavy (non-hydrogen) atoms. The number of furan rings is 1. The van der Waals surface area contributed by atoms with Crippen LogP contribution in [0.25, 0.3) is 0 Å². The van der Waals surface area contributed by atoms with E-state index in [1.807, 2.05) is 54.6 Å². The van der Waals surface area contributed by atoms with Gasteiger partial charge in [0, 0.05) is 12.0 Å². The second kappa shape index (κ2) is 6.88. The molecule has 0 unspecified atom stereocenters. The van der Waals surface area contributed by atoms with E-state index in [2.05, 4.69) is 5.10 Å². The lowest BCUT2D eigenvalue weighted by atomic mass is 9.97. The van der Waals surface area contributed by atoms with Gasteiger partial charge in [-0.1, -0.05) is 48.5 Å². The Morgan fingerprint density at radius 1 is 1.08 bits per heavy atom. The summed E-state index contributed by atoms with van der Waals surface area (Å²) in [5.41, 5.74) is 2.79. The molecule has 1 aliphatic rings. The summed E-state index contributed by atoms with van der Waals surface area (Å²) in [6.07, 6.45) is 2.10. The van der Waals surface area contributed by atoms with Crippen molar-refractivity contribution >= 4 is 11.6 Å². The molecule has 1 aliphatic heterocycles. The van der Waals surface area contributed by atoms with Gasteiger partial charge >= 0.3 is 5.91 Å². The number of rotatable bonds is 4. The monoisotopic (exact) mass is 346 g/mol. The maximum Gasteiger partial charge on any atom is 0.310 e. The number of hydrogen-bond acceptors (Lipinski definition) is 4. The lowest BCUT2D eigenvalue weighted by Crippen LogP contribution is -2.27. The molecule has 1 atom stereocenters. The number of hydrogen-bond donors (Lipinski definition) is 0. The van der Waals surface area contributed by atoms with Gasteiger partial charge in [0.05, 0.1) is 25.1 Å². The van der Waals surface area contributed by atoms with Crippen LogP contribution in [0.3, 0.4) is 0 Å². The van der Waals surface area contributed by atoms with Crippen molar-refractivity contribution in [1.29, 1.82) is 0 Å². The molecule has 0 radical (unpaired) electrons. The molecule has 2 aromatic carbocycles. The fourth-order valence-electron chi connectivity index (χ4n) is 3.20. The molecule has 3 aromatic rings. The summed E-state index contributed by atoms with van der Waals surface area (Å²) in [4.78, 5) is 13.0. The van der Waals surface area contributed by atoms with E-state index in [-0.39, 0.29) is 17.7 Å². The third kappa shape index (κ3) is 2.88. The van der Waals surface area contributed by atoms with Gasteiger partial charge in [-0.2, -0.15) is 5.10 Å². The van der Waals surface area contributed by atoms with Crippen LogP contribution < -0.4 is 4.74 Å². The number of carbonyl (C=O) groups is 1. The molecule has 0 aliphatic carbocycles. The summed E-state index contributed by atoms with van der Waals surface area (Å²) < 4.78 is 10.8. The highest BCUT2D eigenvalue weighted by atomic mass is 16.5. The first-order valence-corrected chi connectivity index (χ1v) is 8.41. The maximum absolute atomic E-state index is 13.0. The SMILES string of the molecule is COc1ccccc1[C@@H]1CC(c2ccccc2)=NN1C(=O)c1ccco1. The van der Waals surface area contributed by atoms with Crippen LogP contribution in [0.1, 0.15) is 34.1 Å². The molecule has 1 amide bonds. The number of nitrogens with zero attached hydrogens (tertiary/aromatic N) is 2. The average Bonchev–Trinajstić information content (AvgIpc) is 3.38. The molecular formula is C21H18N2O3. The quantitative estimate of drug-likeness (QED) is 0.708. The molecule has 0 N–H and O–H groups in total. The van der Waals surface area contributed by atoms with E-state index in [9.17, 15) is 4.79 Å². The minimum atomic E-state index is -0.267. The zero-order valence-corrected chi connectivity index (χ0v) is 14.3. The minimum absolute atomic E-state index is 0.251. The Kier molecular flexibility index (Phi) is 4.27. The topological polar surface area (TPSA) is 55.0 Å². The van der Waals surface area contributed by atoms with Crippen LogP contribution in [0.5, 0.6) is 5.75 Å². The van der Waals surface area contributed by atoms with Gasteiger partial charge in [0.25, 0.3) is 0 Å². The summed E-state index contributed by atoms with van der Waals surface area (Å²) >= 11 is 0. The third-order valence-corrected chi connectivity index (χ3v) is 4.46. The average molecular weight is 346 g/mol. The van der Waals surface area contributed by atoms with Crippen molar-refractivity contribution in [2.75, 3.05) is 7.11 Å². The molecule has 5 nitrogen and oxygen atoms in total. The van der Waals surface area contributed by atoms with E-state index in [1.54, 1.807) is 19.2 Å². The van der Waals surface area contributed by atoms with Crippen molar-refractivity contribution in [3.8, 4) is 5.75 Å². The van der Waals surface area contributed by atoms with Gasteiger partial charge in [0.2, 0.25) is 0 Å². The molecule has 4 rings (SSSR count). The number of para-hydroxylation sites is 1. The van der Waals surface area contributed by atoms with E-state index >= 15 is 0 Å². The number of hydrazone groups is 1. The molecular weight excluding hydrogens is 328 g/mol. The van der Waals surface area contributed by atoms with Crippen molar-refractivity contribution in [3.63, 3.8) is 0 Å². The second-order valence-electron chi connectivity index (χ2n) is 6.00. The maximum atomic E-state index is 13.0. The zero-order chi connectivity index (χ0) is 17.9. The molecule has 0 saturated carbocycles. The van der Waals surface area contributed by atoms with Crippen LogP contribution in [0.2, 0.25) is 0 Å².